The maximum absolute atomic E-state index is 12.4. The molecule has 112 valence electrons. The molecule has 4 rings (SSSR count). The van der Waals surface area contributed by atoms with Crippen molar-refractivity contribution in [2.75, 3.05) is 6.54 Å². The number of amides is 1. The van der Waals surface area contributed by atoms with E-state index in [1.165, 1.54) is 10.4 Å². The lowest BCUT2D eigenvalue weighted by atomic mass is 10.2. The Kier molecular flexibility index (Phi) is 3.42. The second-order valence-electron chi connectivity index (χ2n) is 5.56. The first-order valence-electron chi connectivity index (χ1n) is 7.55. The maximum Gasteiger partial charge on any atom is 0.223 e. The highest BCUT2D eigenvalue weighted by molar-refractivity contribution is 7.09. The van der Waals surface area contributed by atoms with E-state index < -0.39 is 0 Å². The highest BCUT2D eigenvalue weighted by Gasteiger charge is 2.23. The van der Waals surface area contributed by atoms with Crippen molar-refractivity contribution in [1.82, 2.24) is 14.5 Å². The molecule has 0 aliphatic carbocycles. The van der Waals surface area contributed by atoms with E-state index in [0.717, 1.165) is 30.9 Å². The normalized spacial score (nSPS) is 14.3. The van der Waals surface area contributed by atoms with Crippen LogP contribution in [-0.2, 0) is 24.3 Å². The van der Waals surface area contributed by atoms with E-state index in [1.54, 1.807) is 11.3 Å². The first kappa shape index (κ1) is 13.5. The summed E-state index contributed by atoms with van der Waals surface area (Å²) in [5.74, 6) is 1.23. The highest BCUT2D eigenvalue weighted by Crippen LogP contribution is 2.21. The van der Waals surface area contributed by atoms with E-state index in [9.17, 15) is 4.79 Å². The van der Waals surface area contributed by atoms with Gasteiger partial charge in [0.05, 0.1) is 17.6 Å². The second-order valence-corrected chi connectivity index (χ2v) is 6.60. The van der Waals surface area contributed by atoms with Crippen LogP contribution in [0.3, 0.4) is 0 Å². The van der Waals surface area contributed by atoms with Crippen molar-refractivity contribution < 1.29 is 4.79 Å². The maximum atomic E-state index is 12.4. The van der Waals surface area contributed by atoms with Gasteiger partial charge in [0, 0.05) is 24.4 Å². The molecule has 2 aromatic heterocycles. The van der Waals surface area contributed by atoms with Gasteiger partial charge in [-0.1, -0.05) is 18.2 Å². The summed E-state index contributed by atoms with van der Waals surface area (Å²) in [6.45, 7) is 2.23. The predicted octanol–water partition coefficient (Wildman–Crippen LogP) is 3.07. The Balaban J connectivity index is 1.48. The zero-order valence-electron chi connectivity index (χ0n) is 12.2. The molecule has 1 aliphatic heterocycles. The molecule has 0 fully saturated rings. The van der Waals surface area contributed by atoms with Crippen LogP contribution >= 0.6 is 11.3 Å². The fourth-order valence-electron chi connectivity index (χ4n) is 3.02. The SMILES string of the molecule is O=C(CCc1cccs1)N1CCn2c(nc3ccccc32)C1. The number of hydrogen-bond acceptors (Lipinski definition) is 3. The van der Waals surface area contributed by atoms with Crippen LogP contribution in [0.4, 0.5) is 0 Å². The predicted molar refractivity (Wildman–Crippen MR) is 87.8 cm³/mol. The zero-order valence-corrected chi connectivity index (χ0v) is 13.1. The number of rotatable bonds is 3. The fourth-order valence-corrected chi connectivity index (χ4v) is 3.73. The molecule has 3 heterocycles. The third-order valence-corrected chi connectivity index (χ3v) is 5.11. The largest absolute Gasteiger partial charge is 0.333 e. The molecule has 0 saturated heterocycles. The summed E-state index contributed by atoms with van der Waals surface area (Å²) in [6, 6.07) is 12.3. The van der Waals surface area contributed by atoms with E-state index >= 15 is 0 Å². The standard InChI is InChI=1S/C17H17N3OS/c21-17(8-7-13-4-3-11-22-13)19-9-10-20-15-6-2-1-5-14(15)18-16(20)12-19/h1-6,11H,7-10,12H2. The molecule has 22 heavy (non-hydrogen) atoms. The molecule has 4 nitrogen and oxygen atoms in total. The lowest BCUT2D eigenvalue weighted by molar-refractivity contribution is -0.132. The third kappa shape index (κ3) is 2.41. The Bertz CT molecular complexity index is 807. The Morgan fingerprint density at radius 3 is 2.95 bits per heavy atom. The fraction of sp³-hybridized carbons (Fsp3) is 0.294. The van der Waals surface area contributed by atoms with E-state index in [0.29, 0.717) is 13.0 Å². The number of aryl methyl sites for hydroxylation is 1. The Morgan fingerprint density at radius 1 is 1.18 bits per heavy atom. The summed E-state index contributed by atoms with van der Waals surface area (Å²) in [5, 5.41) is 2.06. The van der Waals surface area contributed by atoms with E-state index in [-0.39, 0.29) is 5.91 Å². The van der Waals surface area contributed by atoms with E-state index in [4.69, 9.17) is 0 Å². The zero-order chi connectivity index (χ0) is 14.9. The molecule has 0 N–H and O–H groups in total. The molecule has 1 aromatic carbocycles. The van der Waals surface area contributed by atoms with Crippen molar-refractivity contribution in [3.63, 3.8) is 0 Å². The van der Waals surface area contributed by atoms with Gasteiger partial charge in [0.25, 0.3) is 0 Å². The number of para-hydroxylation sites is 2. The van der Waals surface area contributed by atoms with Gasteiger partial charge in [-0.3, -0.25) is 4.79 Å². The van der Waals surface area contributed by atoms with Crippen LogP contribution in [0.2, 0.25) is 0 Å². The van der Waals surface area contributed by atoms with Crippen LogP contribution in [0.15, 0.2) is 41.8 Å². The molecule has 0 spiro atoms. The Labute approximate surface area is 133 Å². The van der Waals surface area contributed by atoms with Gasteiger partial charge in [0.2, 0.25) is 5.91 Å². The molecule has 5 heteroatoms. The van der Waals surface area contributed by atoms with Crippen molar-refractivity contribution in [2.45, 2.75) is 25.9 Å². The number of imidazole rings is 1. The van der Waals surface area contributed by atoms with Crippen LogP contribution in [0.5, 0.6) is 0 Å². The topological polar surface area (TPSA) is 38.1 Å². The molecule has 0 radical (unpaired) electrons. The van der Waals surface area contributed by atoms with Gasteiger partial charge < -0.3 is 9.47 Å². The molecule has 1 aliphatic rings. The molecular weight excluding hydrogens is 294 g/mol. The minimum atomic E-state index is 0.228. The van der Waals surface area contributed by atoms with Gasteiger partial charge in [-0.05, 0) is 30.0 Å². The number of hydrogen-bond donors (Lipinski definition) is 0. The lowest BCUT2D eigenvalue weighted by Crippen LogP contribution is -2.38. The molecule has 0 saturated carbocycles. The highest BCUT2D eigenvalue weighted by atomic mass is 32.1. The minimum absolute atomic E-state index is 0.228. The van der Waals surface area contributed by atoms with Crippen molar-refractivity contribution >= 4 is 28.3 Å². The van der Waals surface area contributed by atoms with E-state index in [2.05, 4.69) is 27.1 Å². The molecule has 0 unspecified atom stereocenters. The number of thiophene rings is 1. The van der Waals surface area contributed by atoms with Crippen LogP contribution in [0.25, 0.3) is 11.0 Å². The van der Waals surface area contributed by atoms with Crippen LogP contribution in [0, 0.1) is 0 Å². The van der Waals surface area contributed by atoms with Crippen molar-refractivity contribution in [2.24, 2.45) is 0 Å². The molecule has 0 atom stereocenters. The second kappa shape index (κ2) is 5.57. The molecule has 3 aromatic rings. The summed E-state index contributed by atoms with van der Waals surface area (Å²) in [6.07, 6.45) is 1.42. The van der Waals surface area contributed by atoms with Gasteiger partial charge in [0.1, 0.15) is 5.82 Å². The quantitative estimate of drug-likeness (QED) is 0.745. The number of benzene rings is 1. The average molecular weight is 311 g/mol. The van der Waals surface area contributed by atoms with Gasteiger partial charge in [0.15, 0.2) is 0 Å². The molecule has 1 amide bonds. The van der Waals surface area contributed by atoms with Crippen molar-refractivity contribution in [3.05, 3.63) is 52.5 Å². The Morgan fingerprint density at radius 2 is 2.09 bits per heavy atom. The average Bonchev–Trinajstić information content (AvgIpc) is 3.19. The number of carbonyl (C=O) groups excluding carboxylic acids is 1. The van der Waals surface area contributed by atoms with E-state index in [1.807, 2.05) is 29.2 Å². The number of nitrogens with zero attached hydrogens (tertiary/aromatic N) is 3. The monoisotopic (exact) mass is 311 g/mol. The molecular formula is C17H17N3OS. The van der Waals surface area contributed by atoms with Crippen LogP contribution < -0.4 is 0 Å². The smallest absolute Gasteiger partial charge is 0.223 e. The van der Waals surface area contributed by atoms with Crippen molar-refractivity contribution in [1.29, 1.82) is 0 Å². The van der Waals surface area contributed by atoms with Crippen LogP contribution in [0.1, 0.15) is 17.1 Å². The summed E-state index contributed by atoms with van der Waals surface area (Å²) < 4.78 is 2.23. The first-order chi connectivity index (χ1) is 10.8. The Hall–Kier alpha value is -2.14. The lowest BCUT2D eigenvalue weighted by Gasteiger charge is -2.28. The number of fused-ring (bicyclic) bond motifs is 3. The summed E-state index contributed by atoms with van der Waals surface area (Å²) >= 11 is 1.72. The summed E-state index contributed by atoms with van der Waals surface area (Å²) in [5.41, 5.74) is 2.19. The number of carbonyl (C=O) groups is 1. The summed E-state index contributed by atoms with van der Waals surface area (Å²) in [7, 11) is 0. The first-order valence-corrected chi connectivity index (χ1v) is 8.43. The van der Waals surface area contributed by atoms with Gasteiger partial charge in [-0.2, -0.15) is 0 Å². The number of aromatic nitrogens is 2. The summed E-state index contributed by atoms with van der Waals surface area (Å²) in [4.78, 5) is 20.3. The van der Waals surface area contributed by atoms with Gasteiger partial charge in [-0.25, -0.2) is 4.98 Å². The molecule has 0 bridgehead atoms. The van der Waals surface area contributed by atoms with Crippen molar-refractivity contribution in [3.8, 4) is 0 Å². The minimum Gasteiger partial charge on any atom is -0.333 e. The van der Waals surface area contributed by atoms with Gasteiger partial charge in [-0.15, -0.1) is 11.3 Å². The van der Waals surface area contributed by atoms with Gasteiger partial charge >= 0.3 is 0 Å². The van der Waals surface area contributed by atoms with Crippen LogP contribution in [-0.4, -0.2) is 26.9 Å². The third-order valence-electron chi connectivity index (χ3n) is 4.18.